The van der Waals surface area contributed by atoms with Crippen LogP contribution in [-0.2, 0) is 23.9 Å². The van der Waals surface area contributed by atoms with Crippen LogP contribution in [0.15, 0.2) is 0 Å². The molecule has 0 spiro atoms. The lowest BCUT2D eigenvalue weighted by molar-refractivity contribution is -0.191. The summed E-state index contributed by atoms with van der Waals surface area (Å²) in [4.78, 5) is 33.6. The second kappa shape index (κ2) is 4.93. The van der Waals surface area contributed by atoms with Gasteiger partial charge >= 0.3 is 17.9 Å². The van der Waals surface area contributed by atoms with E-state index in [4.69, 9.17) is 14.6 Å². The second-order valence-corrected chi connectivity index (χ2v) is 5.12. The number of esters is 2. The molecule has 1 saturated heterocycles. The lowest BCUT2D eigenvalue weighted by Crippen LogP contribution is -2.49. The number of nitrogens with one attached hydrogen (secondary N) is 1. The van der Waals surface area contributed by atoms with Crippen LogP contribution in [0.4, 0.5) is 0 Å². The number of carboxylic acid groups (broad SMARTS) is 1. The number of carboxylic acids is 1. The maximum Gasteiger partial charge on any atom is 0.418 e. The molecule has 2 N–H and O–H groups in total. The van der Waals surface area contributed by atoms with Gasteiger partial charge < -0.3 is 19.9 Å². The Morgan fingerprint density at radius 2 is 1.89 bits per heavy atom. The first-order chi connectivity index (χ1) is 8.16. The third kappa shape index (κ3) is 3.43. The van der Waals surface area contributed by atoms with E-state index in [1.165, 1.54) is 0 Å². The molecule has 0 amide bonds. The van der Waals surface area contributed by atoms with Crippen LogP contribution in [0, 0.1) is 0 Å². The van der Waals surface area contributed by atoms with Crippen molar-refractivity contribution < 1.29 is 29.0 Å². The van der Waals surface area contributed by atoms with Crippen LogP contribution in [0.5, 0.6) is 0 Å². The van der Waals surface area contributed by atoms with Gasteiger partial charge in [0.15, 0.2) is 0 Å². The van der Waals surface area contributed by atoms with Crippen molar-refractivity contribution in [3.05, 3.63) is 0 Å². The SMILES string of the molecule is CC(C)(C)OC(=O)[C@@]1(OC(=O)C(=O)O)CCNC1. The number of hydrogen-bond donors (Lipinski definition) is 2. The largest absolute Gasteiger partial charge is 0.473 e. The Bertz CT molecular complexity index is 364. The highest BCUT2D eigenvalue weighted by atomic mass is 16.6. The van der Waals surface area contributed by atoms with E-state index in [0.717, 1.165) is 0 Å². The Hall–Kier alpha value is -1.63. The number of hydrogen-bond acceptors (Lipinski definition) is 6. The van der Waals surface area contributed by atoms with Crippen LogP contribution < -0.4 is 5.32 Å². The molecular weight excluding hydrogens is 242 g/mol. The standard InChI is InChI=1S/C11H17NO6/c1-10(2,3)18-9(16)11(4-5-12-6-11)17-8(15)7(13)14/h12H,4-6H2,1-3H3,(H,13,14)/t11-/m1/s1. The molecule has 1 heterocycles. The maximum atomic E-state index is 12.0. The summed E-state index contributed by atoms with van der Waals surface area (Å²) in [6, 6.07) is 0. The first-order valence-electron chi connectivity index (χ1n) is 5.57. The molecule has 0 saturated carbocycles. The summed E-state index contributed by atoms with van der Waals surface area (Å²) < 4.78 is 9.95. The predicted molar refractivity (Wildman–Crippen MR) is 59.8 cm³/mol. The van der Waals surface area contributed by atoms with Crippen molar-refractivity contribution in [3.8, 4) is 0 Å². The molecule has 1 aliphatic rings. The summed E-state index contributed by atoms with van der Waals surface area (Å²) in [5.74, 6) is -3.91. The van der Waals surface area contributed by atoms with Gasteiger partial charge in [0.25, 0.3) is 0 Å². The quantitative estimate of drug-likeness (QED) is 0.518. The average Bonchev–Trinajstić information content (AvgIpc) is 2.64. The van der Waals surface area contributed by atoms with E-state index < -0.39 is 29.1 Å². The van der Waals surface area contributed by atoms with Crippen LogP contribution in [-0.4, -0.2) is 47.3 Å². The first kappa shape index (κ1) is 14.4. The molecule has 102 valence electrons. The summed E-state index contributed by atoms with van der Waals surface area (Å²) in [7, 11) is 0. The molecule has 1 rings (SSSR count). The van der Waals surface area contributed by atoms with E-state index >= 15 is 0 Å². The third-order valence-corrected chi connectivity index (χ3v) is 2.35. The van der Waals surface area contributed by atoms with Crippen LogP contribution in [0.3, 0.4) is 0 Å². The molecular formula is C11H17NO6. The van der Waals surface area contributed by atoms with Crippen molar-refractivity contribution in [3.63, 3.8) is 0 Å². The van der Waals surface area contributed by atoms with E-state index in [0.29, 0.717) is 6.54 Å². The topological polar surface area (TPSA) is 102 Å². The van der Waals surface area contributed by atoms with Crippen molar-refractivity contribution in [2.75, 3.05) is 13.1 Å². The minimum Gasteiger partial charge on any atom is -0.473 e. The van der Waals surface area contributed by atoms with E-state index in [9.17, 15) is 14.4 Å². The number of carbonyl (C=O) groups excluding carboxylic acids is 2. The zero-order chi connectivity index (χ0) is 14.0. The summed E-state index contributed by atoms with van der Waals surface area (Å²) in [5.41, 5.74) is -2.27. The Morgan fingerprint density at radius 3 is 2.28 bits per heavy atom. The molecule has 0 aromatic heterocycles. The summed E-state index contributed by atoms with van der Waals surface area (Å²) in [6.07, 6.45) is 0.195. The molecule has 1 fully saturated rings. The monoisotopic (exact) mass is 259 g/mol. The summed E-state index contributed by atoms with van der Waals surface area (Å²) in [6.45, 7) is 5.55. The van der Waals surface area contributed by atoms with Crippen LogP contribution in [0.25, 0.3) is 0 Å². The van der Waals surface area contributed by atoms with Gasteiger partial charge in [-0.3, -0.25) is 0 Å². The van der Waals surface area contributed by atoms with E-state index in [1.807, 2.05) is 0 Å². The molecule has 0 aromatic rings. The number of ether oxygens (including phenoxy) is 2. The van der Waals surface area contributed by atoms with Gasteiger partial charge in [0.2, 0.25) is 5.60 Å². The minimum atomic E-state index is -1.73. The van der Waals surface area contributed by atoms with Gasteiger partial charge in [0.1, 0.15) is 5.60 Å². The Labute approximate surface area is 104 Å². The van der Waals surface area contributed by atoms with Crippen molar-refractivity contribution in [1.82, 2.24) is 5.32 Å². The fourth-order valence-electron chi connectivity index (χ4n) is 1.56. The second-order valence-electron chi connectivity index (χ2n) is 5.12. The zero-order valence-corrected chi connectivity index (χ0v) is 10.6. The number of aliphatic carboxylic acids is 1. The molecule has 1 aliphatic heterocycles. The highest BCUT2D eigenvalue weighted by Gasteiger charge is 2.48. The van der Waals surface area contributed by atoms with Crippen LogP contribution >= 0.6 is 0 Å². The van der Waals surface area contributed by atoms with Crippen molar-refractivity contribution >= 4 is 17.9 Å². The van der Waals surface area contributed by atoms with Crippen molar-refractivity contribution in [2.45, 2.75) is 38.4 Å². The fourth-order valence-corrected chi connectivity index (χ4v) is 1.56. The Kier molecular flexibility index (Phi) is 3.95. The third-order valence-electron chi connectivity index (χ3n) is 2.35. The van der Waals surface area contributed by atoms with Crippen molar-refractivity contribution in [2.24, 2.45) is 0 Å². The van der Waals surface area contributed by atoms with E-state index in [1.54, 1.807) is 20.8 Å². The molecule has 7 nitrogen and oxygen atoms in total. The maximum absolute atomic E-state index is 12.0. The lowest BCUT2D eigenvalue weighted by atomic mass is 10.0. The number of rotatable bonds is 2. The predicted octanol–water partition coefficient (Wildman–Crippen LogP) is -0.312. The molecule has 0 aromatic carbocycles. The highest BCUT2D eigenvalue weighted by molar-refractivity contribution is 6.29. The van der Waals surface area contributed by atoms with Gasteiger partial charge in [-0.05, 0) is 27.3 Å². The fraction of sp³-hybridized carbons (Fsp3) is 0.727. The molecule has 18 heavy (non-hydrogen) atoms. The Morgan fingerprint density at radius 1 is 1.28 bits per heavy atom. The smallest absolute Gasteiger partial charge is 0.418 e. The normalized spacial score (nSPS) is 23.5. The van der Waals surface area contributed by atoms with Crippen molar-refractivity contribution in [1.29, 1.82) is 0 Å². The molecule has 0 unspecified atom stereocenters. The molecule has 7 heteroatoms. The van der Waals surface area contributed by atoms with E-state index in [-0.39, 0.29) is 13.0 Å². The van der Waals surface area contributed by atoms with Gasteiger partial charge in [0.05, 0.1) is 0 Å². The van der Waals surface area contributed by atoms with Gasteiger partial charge in [-0.1, -0.05) is 0 Å². The molecule has 0 bridgehead atoms. The van der Waals surface area contributed by atoms with E-state index in [2.05, 4.69) is 5.32 Å². The minimum absolute atomic E-state index is 0.0565. The van der Waals surface area contributed by atoms with Gasteiger partial charge in [-0.15, -0.1) is 0 Å². The molecule has 0 aliphatic carbocycles. The molecule has 0 radical (unpaired) electrons. The zero-order valence-electron chi connectivity index (χ0n) is 10.6. The number of carbonyl (C=O) groups is 3. The Balaban J connectivity index is 2.84. The van der Waals surface area contributed by atoms with Gasteiger partial charge in [0, 0.05) is 13.0 Å². The summed E-state index contributed by atoms with van der Waals surface area (Å²) >= 11 is 0. The van der Waals surface area contributed by atoms with Crippen LogP contribution in [0.1, 0.15) is 27.2 Å². The van der Waals surface area contributed by atoms with Gasteiger partial charge in [-0.2, -0.15) is 0 Å². The molecule has 1 atom stereocenters. The van der Waals surface area contributed by atoms with Gasteiger partial charge in [-0.25, -0.2) is 14.4 Å². The van der Waals surface area contributed by atoms with Crippen LogP contribution in [0.2, 0.25) is 0 Å². The average molecular weight is 259 g/mol. The lowest BCUT2D eigenvalue weighted by Gasteiger charge is -2.29. The first-order valence-corrected chi connectivity index (χ1v) is 5.57. The highest BCUT2D eigenvalue weighted by Crippen LogP contribution is 2.24. The summed E-state index contributed by atoms with van der Waals surface area (Å²) in [5, 5.41) is 11.4.